The minimum absolute atomic E-state index is 0.0201. The quantitative estimate of drug-likeness (QED) is 0.367. The van der Waals surface area contributed by atoms with Crippen molar-refractivity contribution >= 4 is 12.6 Å². The van der Waals surface area contributed by atoms with Gasteiger partial charge in [0, 0.05) is 4.91 Å². The normalized spacial score (nSPS) is 51.3. The molecule has 0 aromatic carbocycles. The Kier molecular flexibility index (Phi) is 4.73. The van der Waals surface area contributed by atoms with Crippen molar-refractivity contribution in [3.63, 3.8) is 0 Å². The van der Waals surface area contributed by atoms with Gasteiger partial charge in [-0.15, -0.1) is 12.6 Å². The fourth-order valence-electron chi connectivity index (χ4n) is 9.66. The number of hydrogen-bond donors (Lipinski definition) is 2. The van der Waals surface area contributed by atoms with Gasteiger partial charge in [-0.1, -0.05) is 54.2 Å². The molecule has 1 nitrogen and oxygen atoms in total. The lowest BCUT2D eigenvalue weighted by Crippen LogP contribution is -2.63. The Morgan fingerprint density at radius 1 is 0.935 bits per heavy atom. The largest absolute Gasteiger partial charge is 0.393 e. The third-order valence-corrected chi connectivity index (χ3v) is 12.6. The maximum absolute atomic E-state index is 10.9. The Hall–Kier alpha value is -0.470. The molecule has 0 aromatic heterocycles. The molecule has 5 aliphatic rings. The molecular weight excluding hydrogens is 396 g/mol. The lowest BCUT2D eigenvalue weighted by Gasteiger charge is -2.70. The van der Waals surface area contributed by atoms with E-state index in [9.17, 15) is 5.11 Å². The molecule has 0 amide bonds. The molecule has 31 heavy (non-hydrogen) atoms. The van der Waals surface area contributed by atoms with E-state index < -0.39 is 0 Å². The molecule has 0 spiro atoms. The summed E-state index contributed by atoms with van der Waals surface area (Å²) in [7, 11) is 0. The van der Waals surface area contributed by atoms with Crippen LogP contribution >= 0.6 is 12.6 Å². The predicted molar refractivity (Wildman–Crippen MR) is 134 cm³/mol. The monoisotopic (exact) mass is 440 g/mol. The van der Waals surface area contributed by atoms with Crippen LogP contribution in [0.2, 0.25) is 0 Å². The van der Waals surface area contributed by atoms with Crippen LogP contribution in [-0.4, -0.2) is 11.2 Å². The standard InChI is InChI=1S/C29H44OS/c1-18-10-13-26(4)16-17-28(6)19(23(26)24(18)31)8-9-21-27(5)14-12-22(30)25(2,3)20(27)11-15-29(21,28)7/h8,20-22,30-31H,1,9-17H2,2-7H3. The van der Waals surface area contributed by atoms with E-state index in [4.69, 9.17) is 12.6 Å². The van der Waals surface area contributed by atoms with Crippen LogP contribution in [0.15, 0.2) is 34.3 Å². The van der Waals surface area contributed by atoms with Crippen molar-refractivity contribution in [3.8, 4) is 0 Å². The zero-order valence-electron chi connectivity index (χ0n) is 20.8. The Morgan fingerprint density at radius 2 is 1.65 bits per heavy atom. The Balaban J connectivity index is 1.64. The minimum atomic E-state index is -0.152. The molecule has 5 aliphatic carbocycles. The maximum atomic E-state index is 10.9. The van der Waals surface area contributed by atoms with E-state index in [0.717, 1.165) is 12.8 Å². The van der Waals surface area contributed by atoms with E-state index in [-0.39, 0.29) is 22.3 Å². The zero-order chi connectivity index (χ0) is 22.6. The lowest BCUT2D eigenvalue weighted by molar-refractivity contribution is -0.196. The van der Waals surface area contributed by atoms with Crippen molar-refractivity contribution < 1.29 is 5.11 Å². The van der Waals surface area contributed by atoms with Crippen molar-refractivity contribution in [1.82, 2.24) is 0 Å². The van der Waals surface area contributed by atoms with Gasteiger partial charge < -0.3 is 5.11 Å². The van der Waals surface area contributed by atoms with E-state index in [1.165, 1.54) is 55.4 Å². The molecule has 7 unspecified atom stereocenters. The second-order valence-corrected chi connectivity index (χ2v) is 14.0. The summed E-state index contributed by atoms with van der Waals surface area (Å²) in [5.74, 6) is 1.31. The fraction of sp³-hybridized carbons (Fsp3) is 0.793. The number of allylic oxidation sites excluding steroid dienone is 4. The molecule has 7 atom stereocenters. The van der Waals surface area contributed by atoms with Crippen LogP contribution in [0, 0.1) is 38.9 Å². The molecule has 0 aromatic rings. The Labute approximate surface area is 196 Å². The second kappa shape index (κ2) is 6.56. The molecule has 5 rings (SSSR count). The Bertz CT molecular complexity index is 894. The SMILES string of the molecule is C=C1CCC2(C)CCC3(C)C(=CCC4C5(C)CCC(O)C(C)(C)C5CCC43C)C2=C1S. The fourth-order valence-corrected chi connectivity index (χ4v) is 10.2. The maximum Gasteiger partial charge on any atom is 0.0594 e. The van der Waals surface area contributed by atoms with Gasteiger partial charge in [-0.25, -0.2) is 0 Å². The van der Waals surface area contributed by atoms with E-state index in [1.807, 2.05) is 0 Å². The van der Waals surface area contributed by atoms with E-state index in [0.29, 0.717) is 22.7 Å². The van der Waals surface area contributed by atoms with Crippen LogP contribution in [0.3, 0.4) is 0 Å². The van der Waals surface area contributed by atoms with Crippen molar-refractivity contribution in [2.24, 2.45) is 38.9 Å². The molecule has 1 N–H and O–H groups in total. The first kappa shape index (κ1) is 22.3. The van der Waals surface area contributed by atoms with Gasteiger partial charge in [0.05, 0.1) is 6.10 Å². The average Bonchev–Trinajstić information content (AvgIpc) is 2.69. The third kappa shape index (κ3) is 2.61. The highest BCUT2D eigenvalue weighted by Gasteiger charge is 2.67. The van der Waals surface area contributed by atoms with Crippen molar-refractivity contribution in [2.75, 3.05) is 0 Å². The molecule has 0 saturated heterocycles. The predicted octanol–water partition coefficient (Wildman–Crippen LogP) is 7.88. The number of fused-ring (bicyclic) bond motifs is 7. The topological polar surface area (TPSA) is 20.2 Å². The molecular formula is C29H44OS. The second-order valence-electron chi connectivity index (χ2n) is 13.5. The van der Waals surface area contributed by atoms with Gasteiger partial charge in [-0.3, -0.25) is 0 Å². The molecule has 0 radical (unpaired) electrons. The number of thiol groups is 1. The highest BCUT2D eigenvalue weighted by Crippen LogP contribution is 2.75. The zero-order valence-corrected chi connectivity index (χ0v) is 21.7. The van der Waals surface area contributed by atoms with Gasteiger partial charge in [-0.2, -0.15) is 0 Å². The van der Waals surface area contributed by atoms with Crippen LogP contribution in [0.5, 0.6) is 0 Å². The highest BCUT2D eigenvalue weighted by atomic mass is 32.1. The summed E-state index contributed by atoms with van der Waals surface area (Å²) >= 11 is 5.07. The molecule has 0 heterocycles. The van der Waals surface area contributed by atoms with Crippen molar-refractivity contribution in [2.45, 2.75) is 105 Å². The summed E-state index contributed by atoms with van der Waals surface area (Å²) < 4.78 is 0. The van der Waals surface area contributed by atoms with Gasteiger partial charge >= 0.3 is 0 Å². The summed E-state index contributed by atoms with van der Waals surface area (Å²) in [6.45, 7) is 19.4. The van der Waals surface area contributed by atoms with Gasteiger partial charge in [0.2, 0.25) is 0 Å². The first-order chi connectivity index (χ1) is 14.3. The lowest BCUT2D eigenvalue weighted by atomic mass is 9.34. The number of aliphatic hydroxyl groups excluding tert-OH is 1. The molecule has 0 aliphatic heterocycles. The van der Waals surface area contributed by atoms with Crippen LogP contribution in [0.25, 0.3) is 0 Å². The molecule has 2 heteroatoms. The summed E-state index contributed by atoms with van der Waals surface area (Å²) in [6, 6.07) is 0. The number of rotatable bonds is 0. The summed E-state index contributed by atoms with van der Waals surface area (Å²) in [4.78, 5) is 1.20. The average molecular weight is 441 g/mol. The molecule has 3 saturated carbocycles. The van der Waals surface area contributed by atoms with E-state index >= 15 is 0 Å². The highest BCUT2D eigenvalue weighted by molar-refractivity contribution is 7.84. The van der Waals surface area contributed by atoms with E-state index in [1.54, 1.807) is 11.1 Å². The van der Waals surface area contributed by atoms with Gasteiger partial charge in [0.25, 0.3) is 0 Å². The van der Waals surface area contributed by atoms with Gasteiger partial charge in [0.15, 0.2) is 0 Å². The number of hydrogen-bond acceptors (Lipinski definition) is 2. The smallest absolute Gasteiger partial charge is 0.0594 e. The van der Waals surface area contributed by atoms with Gasteiger partial charge in [-0.05, 0) is 113 Å². The molecule has 3 fully saturated rings. The summed E-state index contributed by atoms with van der Waals surface area (Å²) in [5, 5.41) is 10.9. The summed E-state index contributed by atoms with van der Waals surface area (Å²) in [6.07, 6.45) is 13.3. The van der Waals surface area contributed by atoms with Crippen LogP contribution in [0.4, 0.5) is 0 Å². The van der Waals surface area contributed by atoms with Crippen LogP contribution in [-0.2, 0) is 0 Å². The Morgan fingerprint density at radius 3 is 2.35 bits per heavy atom. The summed E-state index contributed by atoms with van der Waals surface area (Å²) in [5.41, 5.74) is 5.54. The van der Waals surface area contributed by atoms with Crippen molar-refractivity contribution in [3.05, 3.63) is 34.3 Å². The molecule has 172 valence electrons. The first-order valence-electron chi connectivity index (χ1n) is 12.8. The van der Waals surface area contributed by atoms with Gasteiger partial charge in [0.1, 0.15) is 0 Å². The van der Waals surface area contributed by atoms with E-state index in [2.05, 4.69) is 54.2 Å². The van der Waals surface area contributed by atoms with Crippen LogP contribution < -0.4 is 0 Å². The first-order valence-corrected chi connectivity index (χ1v) is 13.3. The minimum Gasteiger partial charge on any atom is -0.393 e. The number of aliphatic hydroxyl groups is 1. The van der Waals surface area contributed by atoms with Crippen molar-refractivity contribution in [1.29, 1.82) is 0 Å². The van der Waals surface area contributed by atoms with Crippen LogP contribution in [0.1, 0.15) is 99.3 Å². The molecule has 0 bridgehead atoms. The third-order valence-electron chi connectivity index (χ3n) is 12.0.